The molecule has 1 aromatic carbocycles. The minimum atomic E-state index is -4.08. The Labute approximate surface area is 111 Å². The molecule has 4 N–H and O–H groups in total. The highest BCUT2D eigenvalue weighted by atomic mass is 32.2. The number of nitrogens with two attached hydrogens (primary N) is 1. The van der Waals surface area contributed by atoms with Crippen LogP contribution in [0.25, 0.3) is 0 Å². The molecule has 1 unspecified atom stereocenters. The summed E-state index contributed by atoms with van der Waals surface area (Å²) < 4.78 is 39.3. The Balaban J connectivity index is 2.81. The Morgan fingerprint density at radius 2 is 2.05 bits per heavy atom. The van der Waals surface area contributed by atoms with Gasteiger partial charge in [0.05, 0.1) is 6.04 Å². The third-order valence-corrected chi connectivity index (χ3v) is 3.87. The van der Waals surface area contributed by atoms with Gasteiger partial charge in [-0.15, -0.1) is 0 Å². The van der Waals surface area contributed by atoms with E-state index in [-0.39, 0.29) is 13.1 Å². The maximum atomic E-state index is 13.4. The summed E-state index contributed by atoms with van der Waals surface area (Å²) >= 11 is 0. The molecule has 1 rings (SSSR count). The molecule has 106 valence electrons. The van der Waals surface area contributed by atoms with Gasteiger partial charge in [0, 0.05) is 13.1 Å². The van der Waals surface area contributed by atoms with Gasteiger partial charge in [-0.25, -0.2) is 12.8 Å². The van der Waals surface area contributed by atoms with Crippen LogP contribution in [-0.4, -0.2) is 33.5 Å². The fraction of sp³-hybridized carbons (Fsp3) is 0.364. The van der Waals surface area contributed by atoms with E-state index in [0.29, 0.717) is 0 Å². The third kappa shape index (κ3) is 4.27. The van der Waals surface area contributed by atoms with Crippen molar-refractivity contribution < 1.29 is 17.6 Å². The molecule has 1 amide bonds. The predicted octanol–water partition coefficient (Wildman–Crippen LogP) is -0.433. The topological polar surface area (TPSA) is 101 Å². The number of carbonyl (C=O) groups excluding carboxylic acids is 1. The van der Waals surface area contributed by atoms with E-state index in [1.165, 1.54) is 19.1 Å². The molecule has 6 nitrogen and oxygen atoms in total. The number of halogens is 1. The second kappa shape index (κ2) is 6.60. The first-order valence-corrected chi connectivity index (χ1v) is 7.11. The summed E-state index contributed by atoms with van der Waals surface area (Å²) in [6, 6.07) is 3.93. The van der Waals surface area contributed by atoms with Gasteiger partial charge in [0.2, 0.25) is 15.9 Å². The van der Waals surface area contributed by atoms with Crippen molar-refractivity contribution in [3.8, 4) is 0 Å². The van der Waals surface area contributed by atoms with E-state index in [1.807, 2.05) is 0 Å². The van der Waals surface area contributed by atoms with Crippen LogP contribution in [0.4, 0.5) is 4.39 Å². The predicted molar refractivity (Wildman–Crippen MR) is 68.2 cm³/mol. The Bertz CT molecular complexity index is 548. The van der Waals surface area contributed by atoms with Crippen LogP contribution in [-0.2, 0) is 14.8 Å². The van der Waals surface area contributed by atoms with Crippen LogP contribution in [0.5, 0.6) is 0 Å². The molecule has 0 saturated heterocycles. The van der Waals surface area contributed by atoms with Crippen molar-refractivity contribution in [2.24, 2.45) is 5.73 Å². The monoisotopic (exact) mass is 289 g/mol. The number of rotatable bonds is 6. The van der Waals surface area contributed by atoms with E-state index in [1.54, 1.807) is 0 Å². The molecule has 0 aliphatic rings. The maximum absolute atomic E-state index is 13.4. The van der Waals surface area contributed by atoms with Crippen LogP contribution in [0.15, 0.2) is 29.2 Å². The van der Waals surface area contributed by atoms with E-state index >= 15 is 0 Å². The fourth-order valence-corrected chi connectivity index (χ4v) is 2.64. The zero-order valence-corrected chi connectivity index (χ0v) is 11.2. The summed E-state index contributed by atoms with van der Waals surface area (Å²) in [6.45, 7) is 1.85. The van der Waals surface area contributed by atoms with Crippen LogP contribution in [0.2, 0.25) is 0 Å². The van der Waals surface area contributed by atoms with Gasteiger partial charge in [-0.3, -0.25) is 4.79 Å². The summed E-state index contributed by atoms with van der Waals surface area (Å²) in [5, 5.41) is 2.44. The highest BCUT2D eigenvalue weighted by Gasteiger charge is 2.24. The van der Waals surface area contributed by atoms with Gasteiger partial charge >= 0.3 is 0 Å². The van der Waals surface area contributed by atoms with Crippen molar-refractivity contribution in [2.45, 2.75) is 17.9 Å². The van der Waals surface area contributed by atoms with Crippen molar-refractivity contribution in [1.29, 1.82) is 0 Å². The van der Waals surface area contributed by atoms with E-state index < -0.39 is 32.7 Å². The van der Waals surface area contributed by atoms with Crippen LogP contribution in [0.1, 0.15) is 6.92 Å². The van der Waals surface area contributed by atoms with Crippen LogP contribution in [0.3, 0.4) is 0 Å². The molecule has 1 aromatic rings. The average molecular weight is 289 g/mol. The van der Waals surface area contributed by atoms with Gasteiger partial charge in [-0.05, 0) is 19.1 Å². The van der Waals surface area contributed by atoms with Gasteiger partial charge in [0.1, 0.15) is 10.7 Å². The molecule has 0 saturated carbocycles. The SMILES string of the molecule is CC(NS(=O)(=O)c1ccccc1F)C(=O)NCCN. The maximum Gasteiger partial charge on any atom is 0.244 e. The van der Waals surface area contributed by atoms with Crippen LogP contribution >= 0.6 is 0 Å². The van der Waals surface area contributed by atoms with Crippen LogP contribution in [0, 0.1) is 5.82 Å². The summed E-state index contributed by atoms with van der Waals surface area (Å²) in [5.74, 6) is -1.39. The third-order valence-electron chi connectivity index (χ3n) is 2.29. The van der Waals surface area contributed by atoms with E-state index in [9.17, 15) is 17.6 Å². The van der Waals surface area contributed by atoms with E-state index in [0.717, 1.165) is 12.1 Å². The molecule has 0 aliphatic heterocycles. The second-order valence-corrected chi connectivity index (χ2v) is 5.54. The largest absolute Gasteiger partial charge is 0.353 e. The zero-order valence-electron chi connectivity index (χ0n) is 10.4. The van der Waals surface area contributed by atoms with Crippen molar-refractivity contribution in [1.82, 2.24) is 10.0 Å². The number of sulfonamides is 1. The smallest absolute Gasteiger partial charge is 0.244 e. The summed E-state index contributed by atoms with van der Waals surface area (Å²) in [7, 11) is -4.08. The van der Waals surface area contributed by atoms with Crippen molar-refractivity contribution in [3.05, 3.63) is 30.1 Å². The van der Waals surface area contributed by atoms with Gasteiger partial charge in [-0.2, -0.15) is 4.72 Å². The number of hydrogen-bond acceptors (Lipinski definition) is 4. The Kier molecular flexibility index (Phi) is 5.40. The number of amides is 1. The highest BCUT2D eigenvalue weighted by molar-refractivity contribution is 7.89. The number of benzene rings is 1. The standard InChI is InChI=1S/C11H16FN3O3S/c1-8(11(16)14-7-6-13)15-19(17,18)10-5-3-2-4-9(10)12/h2-5,8,15H,6-7,13H2,1H3,(H,14,16). The lowest BCUT2D eigenvalue weighted by Gasteiger charge is -2.14. The Hall–Kier alpha value is -1.51. The molecule has 0 radical (unpaired) electrons. The van der Waals surface area contributed by atoms with Gasteiger partial charge in [0.25, 0.3) is 0 Å². The first-order chi connectivity index (χ1) is 8.88. The molecular formula is C11H16FN3O3S. The Morgan fingerprint density at radius 1 is 1.42 bits per heavy atom. The van der Waals surface area contributed by atoms with E-state index in [2.05, 4.69) is 10.0 Å². The lowest BCUT2D eigenvalue weighted by atomic mass is 10.3. The highest BCUT2D eigenvalue weighted by Crippen LogP contribution is 2.13. The summed E-state index contributed by atoms with van der Waals surface area (Å²) in [5.41, 5.74) is 5.21. The minimum absolute atomic E-state index is 0.241. The normalized spacial score (nSPS) is 13.0. The zero-order chi connectivity index (χ0) is 14.5. The molecule has 8 heteroatoms. The van der Waals surface area contributed by atoms with Gasteiger partial charge in [0.15, 0.2) is 0 Å². The quantitative estimate of drug-likeness (QED) is 0.661. The molecule has 0 bridgehead atoms. The Morgan fingerprint density at radius 3 is 2.63 bits per heavy atom. The van der Waals surface area contributed by atoms with Crippen molar-refractivity contribution >= 4 is 15.9 Å². The first kappa shape index (κ1) is 15.5. The number of hydrogen-bond donors (Lipinski definition) is 3. The minimum Gasteiger partial charge on any atom is -0.353 e. The molecule has 0 spiro atoms. The number of carbonyl (C=O) groups is 1. The molecule has 0 fully saturated rings. The molecule has 0 aromatic heterocycles. The summed E-state index contributed by atoms with van der Waals surface area (Å²) in [4.78, 5) is 11.0. The lowest BCUT2D eigenvalue weighted by molar-refractivity contribution is -0.122. The van der Waals surface area contributed by atoms with Crippen molar-refractivity contribution in [3.63, 3.8) is 0 Å². The van der Waals surface area contributed by atoms with Crippen LogP contribution < -0.4 is 15.8 Å². The van der Waals surface area contributed by atoms with Gasteiger partial charge < -0.3 is 11.1 Å². The fourth-order valence-electron chi connectivity index (χ4n) is 1.36. The molecule has 0 aliphatic carbocycles. The van der Waals surface area contributed by atoms with E-state index in [4.69, 9.17) is 5.73 Å². The molecule has 1 atom stereocenters. The lowest BCUT2D eigenvalue weighted by Crippen LogP contribution is -2.46. The number of nitrogens with one attached hydrogen (secondary N) is 2. The first-order valence-electron chi connectivity index (χ1n) is 5.63. The molecular weight excluding hydrogens is 273 g/mol. The average Bonchev–Trinajstić information content (AvgIpc) is 2.35. The van der Waals surface area contributed by atoms with Gasteiger partial charge in [-0.1, -0.05) is 12.1 Å². The molecule has 19 heavy (non-hydrogen) atoms. The van der Waals surface area contributed by atoms with Crippen molar-refractivity contribution in [2.75, 3.05) is 13.1 Å². The molecule has 0 heterocycles. The summed E-state index contributed by atoms with van der Waals surface area (Å²) in [6.07, 6.45) is 0. The second-order valence-electron chi connectivity index (χ2n) is 3.85.